The highest BCUT2D eigenvalue weighted by Crippen LogP contribution is 2.37. The maximum atomic E-state index is 13.3. The van der Waals surface area contributed by atoms with Crippen molar-refractivity contribution in [2.24, 2.45) is 20.0 Å². The molecule has 5 rings (SSSR count). The Morgan fingerprint density at radius 3 is 2.50 bits per heavy atom. The predicted octanol–water partition coefficient (Wildman–Crippen LogP) is 4.05. The molecule has 3 aromatic heterocycles. The first kappa shape index (κ1) is 29.5. The van der Waals surface area contributed by atoms with Crippen LogP contribution in [0.15, 0.2) is 46.5 Å². The van der Waals surface area contributed by atoms with Gasteiger partial charge in [0, 0.05) is 32.9 Å². The van der Waals surface area contributed by atoms with Gasteiger partial charge in [0.2, 0.25) is 0 Å². The van der Waals surface area contributed by atoms with Gasteiger partial charge in [0.15, 0.2) is 22.7 Å². The zero-order chi connectivity index (χ0) is 30.1. The molecule has 0 spiro atoms. The molecule has 0 bridgehead atoms. The van der Waals surface area contributed by atoms with Crippen molar-refractivity contribution >= 4 is 40.3 Å². The number of aryl methyl sites for hydroxylation is 2. The van der Waals surface area contributed by atoms with E-state index in [0.717, 1.165) is 22.0 Å². The van der Waals surface area contributed by atoms with Gasteiger partial charge in [0.05, 0.1) is 23.0 Å². The highest BCUT2D eigenvalue weighted by atomic mass is 35.5. The first-order valence-corrected chi connectivity index (χ1v) is 13.6. The summed E-state index contributed by atoms with van der Waals surface area (Å²) in [6, 6.07) is 4.17. The van der Waals surface area contributed by atoms with Crippen LogP contribution in [0.3, 0.4) is 0 Å². The van der Waals surface area contributed by atoms with Crippen LogP contribution in [0.5, 0.6) is 11.5 Å². The van der Waals surface area contributed by atoms with Crippen molar-refractivity contribution in [2.75, 3.05) is 6.61 Å². The monoisotopic (exact) mass is 623 g/mol. The number of alkyl halides is 2. The second-order valence-corrected chi connectivity index (χ2v) is 10.7. The Bertz CT molecular complexity index is 1750. The van der Waals surface area contributed by atoms with Gasteiger partial charge in [-0.25, -0.2) is 14.3 Å². The molecule has 1 atom stereocenters. The topological polar surface area (TPSA) is 119 Å². The van der Waals surface area contributed by atoms with Crippen molar-refractivity contribution in [1.29, 1.82) is 0 Å². The molecule has 42 heavy (non-hydrogen) atoms. The van der Waals surface area contributed by atoms with Crippen molar-refractivity contribution in [2.45, 2.75) is 38.5 Å². The molecular weight excluding hydrogens is 599 g/mol. The fourth-order valence-corrected chi connectivity index (χ4v) is 4.95. The number of rotatable bonds is 11. The van der Waals surface area contributed by atoms with Crippen molar-refractivity contribution < 1.29 is 27.8 Å². The fraction of sp³-hybridized carbons (Fsp3) is 0.370. The molecule has 0 radical (unpaired) electrons. The SMILES string of the molecule is Cn1cnc2c1c(=O)n(CC(=O)O[C@@H](Cc1c(Cl)cncc1Cl)c1ccc(OC(F)F)c(OCC3CC3)c1)c(=O)n2C. The summed E-state index contributed by atoms with van der Waals surface area (Å²) in [6.07, 6.45) is 4.93. The molecule has 0 saturated heterocycles. The van der Waals surface area contributed by atoms with Crippen molar-refractivity contribution in [3.05, 3.63) is 78.9 Å². The Balaban J connectivity index is 1.50. The summed E-state index contributed by atoms with van der Waals surface area (Å²) in [5.41, 5.74) is -0.424. The molecule has 1 fully saturated rings. The first-order chi connectivity index (χ1) is 20.0. The molecule has 3 heterocycles. The third-order valence-corrected chi connectivity index (χ3v) is 7.48. The lowest BCUT2D eigenvalue weighted by Gasteiger charge is -2.22. The number of carbonyl (C=O) groups is 1. The minimum absolute atomic E-state index is 0.0411. The molecular formula is C27H25Cl2F2N5O6. The molecule has 0 amide bonds. The van der Waals surface area contributed by atoms with E-state index in [1.165, 1.54) is 48.5 Å². The van der Waals surface area contributed by atoms with E-state index in [0.29, 0.717) is 23.7 Å². The number of hydrogen-bond donors (Lipinski definition) is 0. The van der Waals surface area contributed by atoms with Crippen LogP contribution in [-0.4, -0.2) is 42.9 Å². The lowest BCUT2D eigenvalue weighted by Crippen LogP contribution is -2.41. The number of benzene rings is 1. The highest BCUT2D eigenvalue weighted by molar-refractivity contribution is 6.35. The van der Waals surface area contributed by atoms with E-state index in [1.807, 2.05) is 0 Å². The highest BCUT2D eigenvalue weighted by Gasteiger charge is 2.26. The summed E-state index contributed by atoms with van der Waals surface area (Å²) >= 11 is 12.7. The third kappa shape index (κ3) is 6.26. The van der Waals surface area contributed by atoms with E-state index in [9.17, 15) is 23.2 Å². The molecule has 1 aliphatic rings. The fourth-order valence-electron chi connectivity index (χ4n) is 4.43. The normalized spacial score (nSPS) is 13.9. The second-order valence-electron chi connectivity index (χ2n) is 9.86. The predicted molar refractivity (Wildman–Crippen MR) is 148 cm³/mol. The van der Waals surface area contributed by atoms with Crippen LogP contribution in [0.25, 0.3) is 11.2 Å². The molecule has 0 N–H and O–H groups in total. The maximum absolute atomic E-state index is 13.3. The average molecular weight is 624 g/mol. The van der Waals surface area contributed by atoms with Crippen LogP contribution in [0.1, 0.15) is 30.1 Å². The number of halogens is 4. The lowest BCUT2D eigenvalue weighted by atomic mass is 10.0. The number of aromatic nitrogens is 5. The smallest absolute Gasteiger partial charge is 0.387 e. The quantitative estimate of drug-likeness (QED) is 0.230. The van der Waals surface area contributed by atoms with Crippen LogP contribution in [-0.2, 0) is 36.6 Å². The van der Waals surface area contributed by atoms with Gasteiger partial charge in [-0.3, -0.25) is 19.1 Å². The summed E-state index contributed by atoms with van der Waals surface area (Å²) in [5, 5.41) is 0.413. The van der Waals surface area contributed by atoms with Crippen molar-refractivity contribution in [3.63, 3.8) is 0 Å². The molecule has 222 valence electrons. The van der Waals surface area contributed by atoms with Gasteiger partial charge in [0.1, 0.15) is 12.6 Å². The van der Waals surface area contributed by atoms with Gasteiger partial charge in [-0.15, -0.1) is 0 Å². The van der Waals surface area contributed by atoms with Gasteiger partial charge in [0.25, 0.3) is 5.56 Å². The second kappa shape index (κ2) is 12.1. The van der Waals surface area contributed by atoms with E-state index >= 15 is 0 Å². The summed E-state index contributed by atoms with van der Waals surface area (Å²) in [5.74, 6) is -0.748. The van der Waals surface area contributed by atoms with Gasteiger partial charge in [-0.2, -0.15) is 8.78 Å². The molecule has 4 aromatic rings. The zero-order valence-corrected chi connectivity index (χ0v) is 23.9. The standard InChI is InChI=1S/C27H25Cl2F2N5O6/c1-34-13-33-24-23(34)25(38)36(27(39)35(24)2)11-22(37)41-20(8-16-17(28)9-32-10-18(16)29)15-5-6-19(42-26(30)31)21(7-15)40-12-14-3-4-14/h5-7,9-10,13-14,20,26H,3-4,8,11-12H2,1-2H3/t20-/m0/s1. The summed E-state index contributed by atoms with van der Waals surface area (Å²) in [4.78, 5) is 47.3. The number of ether oxygens (including phenoxy) is 3. The minimum Gasteiger partial charge on any atom is -0.489 e. The molecule has 0 aliphatic heterocycles. The zero-order valence-electron chi connectivity index (χ0n) is 22.4. The molecule has 1 saturated carbocycles. The molecule has 11 nitrogen and oxygen atoms in total. The van der Waals surface area contributed by atoms with Gasteiger partial charge >= 0.3 is 18.3 Å². The number of fused-ring (bicyclic) bond motifs is 1. The summed E-state index contributed by atoms with van der Waals surface area (Å²) in [6.45, 7) is -3.49. The van der Waals surface area contributed by atoms with Crippen LogP contribution in [0, 0.1) is 5.92 Å². The number of carbonyl (C=O) groups excluding carboxylic acids is 1. The third-order valence-electron chi connectivity index (χ3n) is 6.83. The molecule has 15 heteroatoms. The Hall–Kier alpha value is -3.97. The van der Waals surface area contributed by atoms with E-state index in [2.05, 4.69) is 14.7 Å². The van der Waals surface area contributed by atoms with Gasteiger partial charge < -0.3 is 18.8 Å². The summed E-state index contributed by atoms with van der Waals surface area (Å²) in [7, 11) is 3.02. The van der Waals surface area contributed by atoms with Crippen LogP contribution in [0.4, 0.5) is 8.78 Å². The maximum Gasteiger partial charge on any atom is 0.387 e. The van der Waals surface area contributed by atoms with Crippen LogP contribution in [0.2, 0.25) is 10.0 Å². The van der Waals surface area contributed by atoms with Crippen molar-refractivity contribution in [3.8, 4) is 11.5 Å². The number of pyridine rings is 1. The van der Waals surface area contributed by atoms with Crippen LogP contribution >= 0.6 is 23.2 Å². The number of esters is 1. The van der Waals surface area contributed by atoms with Crippen LogP contribution < -0.4 is 20.7 Å². The first-order valence-electron chi connectivity index (χ1n) is 12.8. The Morgan fingerprint density at radius 2 is 1.83 bits per heavy atom. The average Bonchev–Trinajstić information content (AvgIpc) is 3.69. The van der Waals surface area contributed by atoms with Gasteiger partial charge in [-0.1, -0.05) is 29.3 Å². The number of hydrogen-bond acceptors (Lipinski definition) is 8. The molecule has 0 unspecified atom stereocenters. The van der Waals surface area contributed by atoms with Gasteiger partial charge in [-0.05, 0) is 42.0 Å². The van der Waals surface area contributed by atoms with E-state index in [-0.39, 0.29) is 39.1 Å². The van der Waals surface area contributed by atoms with E-state index in [1.54, 1.807) is 7.05 Å². The summed E-state index contributed by atoms with van der Waals surface area (Å²) < 4.78 is 45.7. The Labute approximate surface area is 247 Å². The number of imidazole rings is 1. The van der Waals surface area contributed by atoms with E-state index < -0.39 is 36.5 Å². The molecule has 1 aromatic carbocycles. The Morgan fingerprint density at radius 1 is 1.12 bits per heavy atom. The van der Waals surface area contributed by atoms with Crippen molar-refractivity contribution in [1.82, 2.24) is 23.7 Å². The largest absolute Gasteiger partial charge is 0.489 e. The minimum atomic E-state index is -3.08. The molecule has 1 aliphatic carbocycles. The van der Waals surface area contributed by atoms with E-state index in [4.69, 9.17) is 32.7 Å². The number of nitrogens with zero attached hydrogens (tertiary/aromatic N) is 5. The lowest BCUT2D eigenvalue weighted by molar-refractivity contribution is -0.150. The Kier molecular flexibility index (Phi) is 8.50.